The molecule has 112 valence electrons. The maximum absolute atomic E-state index is 5.77. The lowest BCUT2D eigenvalue weighted by molar-refractivity contribution is 0.789. The summed E-state index contributed by atoms with van der Waals surface area (Å²) in [6, 6.07) is 6.11. The van der Waals surface area contributed by atoms with Crippen LogP contribution in [0.15, 0.2) is 29.8 Å². The van der Waals surface area contributed by atoms with Gasteiger partial charge in [-0.1, -0.05) is 0 Å². The molecule has 4 heterocycles. The number of aromatic nitrogens is 3. The van der Waals surface area contributed by atoms with Crippen molar-refractivity contribution in [1.29, 1.82) is 0 Å². The number of hydrogen-bond donors (Lipinski definition) is 3. The number of hydrogen-bond acceptors (Lipinski definition) is 7. The van der Waals surface area contributed by atoms with Gasteiger partial charge in [-0.25, -0.2) is 15.0 Å². The van der Waals surface area contributed by atoms with Gasteiger partial charge in [0.1, 0.15) is 11.6 Å². The quantitative estimate of drug-likeness (QED) is 0.686. The number of rotatable bonds is 3. The van der Waals surface area contributed by atoms with Crippen LogP contribution in [-0.4, -0.2) is 34.1 Å². The van der Waals surface area contributed by atoms with Crippen LogP contribution in [0.5, 0.6) is 0 Å². The lowest BCUT2D eigenvalue weighted by Gasteiger charge is -2.13. The van der Waals surface area contributed by atoms with Crippen molar-refractivity contribution in [2.45, 2.75) is 12.5 Å². The van der Waals surface area contributed by atoms with Crippen molar-refractivity contribution in [3.63, 3.8) is 0 Å². The molecule has 1 unspecified atom stereocenters. The molecule has 0 aromatic carbocycles. The summed E-state index contributed by atoms with van der Waals surface area (Å²) in [7, 11) is 0. The van der Waals surface area contributed by atoms with E-state index in [1.807, 2.05) is 17.5 Å². The zero-order valence-corrected chi connectivity index (χ0v) is 12.7. The fourth-order valence-corrected chi connectivity index (χ4v) is 3.43. The van der Waals surface area contributed by atoms with Crippen LogP contribution in [0.1, 0.15) is 6.42 Å². The maximum atomic E-state index is 5.77. The third kappa shape index (κ3) is 2.49. The van der Waals surface area contributed by atoms with Crippen molar-refractivity contribution in [2.24, 2.45) is 0 Å². The summed E-state index contributed by atoms with van der Waals surface area (Å²) in [5, 5.41) is 8.95. The Morgan fingerprint density at radius 2 is 2.27 bits per heavy atom. The topological polar surface area (TPSA) is 88.8 Å². The largest absolute Gasteiger partial charge is 0.384 e. The molecule has 1 atom stereocenters. The van der Waals surface area contributed by atoms with E-state index < -0.39 is 0 Å². The first-order valence-electron chi connectivity index (χ1n) is 7.24. The molecule has 3 aromatic heterocycles. The lowest BCUT2D eigenvalue weighted by Crippen LogP contribution is -2.22. The number of nitrogens with two attached hydrogens (primary N) is 1. The Morgan fingerprint density at radius 1 is 1.32 bits per heavy atom. The zero-order valence-electron chi connectivity index (χ0n) is 11.9. The number of anilines is 2. The first-order chi connectivity index (χ1) is 10.8. The van der Waals surface area contributed by atoms with E-state index in [0.717, 1.165) is 41.1 Å². The van der Waals surface area contributed by atoms with Crippen molar-refractivity contribution in [3.05, 3.63) is 29.8 Å². The van der Waals surface area contributed by atoms with Crippen molar-refractivity contribution < 1.29 is 0 Å². The highest BCUT2D eigenvalue weighted by molar-refractivity contribution is 7.17. The van der Waals surface area contributed by atoms with Gasteiger partial charge in [0.05, 0.1) is 10.2 Å². The molecule has 4 N–H and O–H groups in total. The number of fused-ring (bicyclic) bond motifs is 1. The highest BCUT2D eigenvalue weighted by Gasteiger charge is 2.18. The Morgan fingerprint density at radius 3 is 3.09 bits per heavy atom. The van der Waals surface area contributed by atoms with Gasteiger partial charge >= 0.3 is 0 Å². The molecular formula is C15H16N6S. The van der Waals surface area contributed by atoms with Gasteiger partial charge in [0.25, 0.3) is 0 Å². The number of nitrogens with zero attached hydrogens (tertiary/aromatic N) is 3. The Hall–Kier alpha value is -2.25. The third-order valence-corrected chi connectivity index (χ3v) is 4.65. The molecule has 7 heteroatoms. The highest BCUT2D eigenvalue weighted by Crippen LogP contribution is 2.30. The molecule has 0 radical (unpaired) electrons. The molecule has 1 aliphatic heterocycles. The minimum absolute atomic E-state index is 0.413. The molecule has 0 aliphatic carbocycles. The predicted molar refractivity (Wildman–Crippen MR) is 90.0 cm³/mol. The van der Waals surface area contributed by atoms with E-state index in [4.69, 9.17) is 10.7 Å². The molecule has 0 bridgehead atoms. The monoisotopic (exact) mass is 312 g/mol. The molecule has 1 saturated heterocycles. The van der Waals surface area contributed by atoms with Gasteiger partial charge in [-0.2, -0.15) is 0 Å². The van der Waals surface area contributed by atoms with Crippen LogP contribution < -0.4 is 16.4 Å². The summed E-state index contributed by atoms with van der Waals surface area (Å²) in [5.74, 6) is 2.05. The Kier molecular flexibility index (Phi) is 3.36. The number of nitrogen functional groups attached to an aromatic ring is 1. The second-order valence-corrected chi connectivity index (χ2v) is 6.25. The average molecular weight is 312 g/mol. The Labute approximate surface area is 131 Å². The first kappa shape index (κ1) is 13.4. The molecule has 6 nitrogen and oxygen atoms in total. The van der Waals surface area contributed by atoms with Crippen LogP contribution in [0.25, 0.3) is 21.6 Å². The number of pyridine rings is 1. The van der Waals surface area contributed by atoms with Gasteiger partial charge in [0.15, 0.2) is 5.82 Å². The van der Waals surface area contributed by atoms with Crippen LogP contribution in [0, 0.1) is 0 Å². The Balaban J connectivity index is 1.79. The van der Waals surface area contributed by atoms with Crippen molar-refractivity contribution in [1.82, 2.24) is 20.3 Å². The minimum atomic E-state index is 0.413. The summed E-state index contributed by atoms with van der Waals surface area (Å²) in [4.78, 5) is 13.4. The minimum Gasteiger partial charge on any atom is -0.384 e. The van der Waals surface area contributed by atoms with E-state index in [1.165, 1.54) is 0 Å². The van der Waals surface area contributed by atoms with Crippen LogP contribution in [0.2, 0.25) is 0 Å². The second-order valence-electron chi connectivity index (χ2n) is 5.33. The summed E-state index contributed by atoms with van der Waals surface area (Å²) in [5.41, 5.74) is 7.61. The molecule has 0 amide bonds. The van der Waals surface area contributed by atoms with E-state index >= 15 is 0 Å². The van der Waals surface area contributed by atoms with Crippen molar-refractivity contribution in [2.75, 3.05) is 24.1 Å². The summed E-state index contributed by atoms with van der Waals surface area (Å²) in [6.07, 6.45) is 2.79. The molecule has 0 spiro atoms. The van der Waals surface area contributed by atoms with E-state index in [2.05, 4.69) is 20.6 Å². The summed E-state index contributed by atoms with van der Waals surface area (Å²) < 4.78 is 1.10. The van der Waals surface area contributed by atoms with Gasteiger partial charge < -0.3 is 16.4 Å². The second kappa shape index (κ2) is 5.51. The normalized spacial score (nSPS) is 17.9. The highest BCUT2D eigenvalue weighted by atomic mass is 32.1. The van der Waals surface area contributed by atoms with Gasteiger partial charge in [0, 0.05) is 24.3 Å². The van der Waals surface area contributed by atoms with Gasteiger partial charge in [0.2, 0.25) is 0 Å². The number of thiophene rings is 1. The molecule has 22 heavy (non-hydrogen) atoms. The van der Waals surface area contributed by atoms with Gasteiger partial charge in [-0.15, -0.1) is 11.3 Å². The summed E-state index contributed by atoms with van der Waals surface area (Å²) in [6.45, 7) is 2.01. The van der Waals surface area contributed by atoms with E-state index in [1.54, 1.807) is 23.6 Å². The zero-order chi connectivity index (χ0) is 14.9. The molecule has 3 aromatic rings. The van der Waals surface area contributed by atoms with E-state index in [-0.39, 0.29) is 0 Å². The SMILES string of the molecule is Nc1cc(-c2nc(NC3CCNC3)c3sccc3n2)ccn1. The molecular weight excluding hydrogens is 296 g/mol. The fourth-order valence-electron chi connectivity index (χ4n) is 2.65. The van der Waals surface area contributed by atoms with Crippen molar-refractivity contribution >= 4 is 33.2 Å². The Bertz CT molecular complexity index is 809. The van der Waals surface area contributed by atoms with Gasteiger partial charge in [-0.05, 0) is 36.5 Å². The van der Waals surface area contributed by atoms with Crippen LogP contribution in [0.4, 0.5) is 11.6 Å². The van der Waals surface area contributed by atoms with Crippen LogP contribution >= 0.6 is 11.3 Å². The smallest absolute Gasteiger partial charge is 0.162 e. The maximum Gasteiger partial charge on any atom is 0.162 e. The van der Waals surface area contributed by atoms with Crippen LogP contribution in [-0.2, 0) is 0 Å². The van der Waals surface area contributed by atoms with Crippen molar-refractivity contribution in [3.8, 4) is 11.4 Å². The fraction of sp³-hybridized carbons (Fsp3) is 0.267. The average Bonchev–Trinajstić information content (AvgIpc) is 3.18. The first-order valence-corrected chi connectivity index (χ1v) is 8.12. The third-order valence-electron chi connectivity index (χ3n) is 3.74. The van der Waals surface area contributed by atoms with Gasteiger partial charge in [-0.3, -0.25) is 0 Å². The van der Waals surface area contributed by atoms with E-state index in [9.17, 15) is 0 Å². The molecule has 1 fully saturated rings. The molecule has 0 saturated carbocycles. The van der Waals surface area contributed by atoms with E-state index in [0.29, 0.717) is 17.7 Å². The molecule has 1 aliphatic rings. The van der Waals surface area contributed by atoms with Crippen LogP contribution in [0.3, 0.4) is 0 Å². The summed E-state index contributed by atoms with van der Waals surface area (Å²) >= 11 is 1.66. The molecule has 4 rings (SSSR count). The standard InChI is InChI=1S/C15H16N6S/c16-12-7-9(1-5-18-12)14-20-11-3-6-22-13(11)15(21-14)19-10-2-4-17-8-10/h1,3,5-7,10,17H,2,4,8H2,(H2,16,18)(H,19,20,21). The lowest BCUT2D eigenvalue weighted by atomic mass is 10.2. The number of nitrogens with one attached hydrogen (secondary N) is 2. The predicted octanol–water partition coefficient (Wildman–Crippen LogP) is 2.11.